The number of ether oxygens (including phenoxy) is 1. The average molecular weight is 360 g/mol. The second-order valence-corrected chi connectivity index (χ2v) is 6.82. The van der Waals surface area contributed by atoms with E-state index in [9.17, 15) is 14.4 Å². The molecule has 1 heterocycles. The van der Waals surface area contributed by atoms with Gasteiger partial charge in [0.15, 0.2) is 6.61 Å². The number of nitrogens with zero attached hydrogens (tertiary/aromatic N) is 1. The van der Waals surface area contributed by atoms with Crippen LogP contribution in [0.2, 0.25) is 0 Å². The summed E-state index contributed by atoms with van der Waals surface area (Å²) in [6.45, 7) is 4.61. The van der Waals surface area contributed by atoms with Crippen LogP contribution in [0, 0.1) is 6.92 Å². The highest BCUT2D eigenvalue weighted by atomic mass is 16.5. The first-order valence-electron chi connectivity index (χ1n) is 9.23. The zero-order valence-electron chi connectivity index (χ0n) is 15.6. The second kappa shape index (κ2) is 9.94. The van der Waals surface area contributed by atoms with Crippen molar-refractivity contribution in [1.29, 1.82) is 0 Å². The number of benzene rings is 1. The Bertz CT molecular complexity index is 619. The SMILES string of the molecule is CC(=O)NC(CC(=O)OCC(=O)N1CCCCCC1)c1ccc(C)cc1. The minimum atomic E-state index is -0.493. The molecule has 0 aliphatic carbocycles. The lowest BCUT2D eigenvalue weighted by Crippen LogP contribution is -2.36. The third kappa shape index (κ3) is 6.50. The molecule has 0 saturated carbocycles. The smallest absolute Gasteiger partial charge is 0.308 e. The van der Waals surface area contributed by atoms with Crippen LogP contribution in [0.15, 0.2) is 24.3 Å². The van der Waals surface area contributed by atoms with Gasteiger partial charge in [0.05, 0.1) is 12.5 Å². The van der Waals surface area contributed by atoms with Gasteiger partial charge in [-0.3, -0.25) is 14.4 Å². The number of carbonyl (C=O) groups excluding carboxylic acids is 3. The largest absolute Gasteiger partial charge is 0.455 e. The number of aryl methyl sites for hydroxylation is 1. The van der Waals surface area contributed by atoms with Gasteiger partial charge in [-0.1, -0.05) is 42.7 Å². The van der Waals surface area contributed by atoms with E-state index >= 15 is 0 Å². The normalized spacial score (nSPS) is 15.7. The van der Waals surface area contributed by atoms with E-state index in [4.69, 9.17) is 4.74 Å². The van der Waals surface area contributed by atoms with E-state index in [1.165, 1.54) is 6.92 Å². The lowest BCUT2D eigenvalue weighted by Gasteiger charge is -2.21. The number of nitrogens with one attached hydrogen (secondary N) is 1. The first-order valence-corrected chi connectivity index (χ1v) is 9.23. The van der Waals surface area contributed by atoms with Crippen molar-refractivity contribution in [2.75, 3.05) is 19.7 Å². The molecule has 2 rings (SSSR count). The molecule has 1 fully saturated rings. The molecular formula is C20H28N2O4. The molecule has 1 aliphatic rings. The van der Waals surface area contributed by atoms with Gasteiger partial charge in [0.1, 0.15) is 0 Å². The quantitative estimate of drug-likeness (QED) is 0.791. The number of hydrogen-bond acceptors (Lipinski definition) is 4. The van der Waals surface area contributed by atoms with Crippen LogP contribution in [-0.4, -0.2) is 42.4 Å². The molecule has 2 amide bonds. The Morgan fingerprint density at radius 1 is 1.08 bits per heavy atom. The van der Waals surface area contributed by atoms with Crippen molar-refractivity contribution in [2.45, 2.75) is 52.0 Å². The van der Waals surface area contributed by atoms with Gasteiger partial charge in [0, 0.05) is 20.0 Å². The van der Waals surface area contributed by atoms with E-state index in [1.54, 1.807) is 4.90 Å². The lowest BCUT2D eigenvalue weighted by molar-refractivity contribution is -0.152. The van der Waals surface area contributed by atoms with E-state index in [0.29, 0.717) is 0 Å². The molecule has 26 heavy (non-hydrogen) atoms. The van der Waals surface area contributed by atoms with E-state index in [0.717, 1.165) is 49.9 Å². The van der Waals surface area contributed by atoms with Crippen molar-refractivity contribution >= 4 is 17.8 Å². The number of hydrogen-bond donors (Lipinski definition) is 1. The van der Waals surface area contributed by atoms with Crippen LogP contribution in [0.4, 0.5) is 0 Å². The molecule has 0 spiro atoms. The summed E-state index contributed by atoms with van der Waals surface area (Å²) in [5.74, 6) is -0.858. The molecule has 1 aliphatic heterocycles. The maximum absolute atomic E-state index is 12.2. The fourth-order valence-corrected chi connectivity index (χ4v) is 3.08. The fourth-order valence-electron chi connectivity index (χ4n) is 3.08. The summed E-state index contributed by atoms with van der Waals surface area (Å²) in [6, 6.07) is 7.15. The van der Waals surface area contributed by atoms with Gasteiger partial charge in [0.2, 0.25) is 5.91 Å². The monoisotopic (exact) mass is 360 g/mol. The summed E-state index contributed by atoms with van der Waals surface area (Å²) in [7, 11) is 0. The number of amides is 2. The Morgan fingerprint density at radius 2 is 1.69 bits per heavy atom. The van der Waals surface area contributed by atoms with Crippen LogP contribution in [0.1, 0.15) is 56.2 Å². The molecule has 0 aromatic heterocycles. The first kappa shape index (κ1) is 19.9. The average Bonchev–Trinajstić information content (AvgIpc) is 2.89. The van der Waals surface area contributed by atoms with Crippen LogP contribution >= 0.6 is 0 Å². The molecule has 1 atom stereocenters. The van der Waals surface area contributed by atoms with E-state index in [1.807, 2.05) is 31.2 Å². The molecule has 142 valence electrons. The molecule has 1 saturated heterocycles. The topological polar surface area (TPSA) is 75.7 Å². The Balaban J connectivity index is 1.88. The Labute approximate surface area is 154 Å². The zero-order valence-corrected chi connectivity index (χ0v) is 15.6. The van der Waals surface area contributed by atoms with Gasteiger partial charge in [-0.2, -0.15) is 0 Å². The molecular weight excluding hydrogens is 332 g/mol. The second-order valence-electron chi connectivity index (χ2n) is 6.82. The molecule has 0 radical (unpaired) electrons. The summed E-state index contributed by atoms with van der Waals surface area (Å²) >= 11 is 0. The number of rotatable bonds is 6. The highest BCUT2D eigenvalue weighted by molar-refractivity contribution is 5.81. The van der Waals surface area contributed by atoms with Crippen molar-refractivity contribution in [1.82, 2.24) is 10.2 Å². The fraction of sp³-hybridized carbons (Fsp3) is 0.550. The van der Waals surface area contributed by atoms with Crippen molar-refractivity contribution < 1.29 is 19.1 Å². The highest BCUT2D eigenvalue weighted by Gasteiger charge is 2.21. The van der Waals surface area contributed by atoms with Gasteiger partial charge in [0.25, 0.3) is 5.91 Å². The summed E-state index contributed by atoms with van der Waals surface area (Å²) in [6.07, 6.45) is 4.27. The predicted octanol–water partition coefficient (Wildman–Crippen LogP) is 2.51. The highest BCUT2D eigenvalue weighted by Crippen LogP contribution is 2.18. The van der Waals surface area contributed by atoms with Crippen molar-refractivity contribution in [3.8, 4) is 0 Å². The third-order valence-corrected chi connectivity index (χ3v) is 4.54. The van der Waals surface area contributed by atoms with Crippen LogP contribution in [0.3, 0.4) is 0 Å². The minimum Gasteiger partial charge on any atom is -0.455 e. The Kier molecular flexibility index (Phi) is 7.63. The molecule has 1 N–H and O–H groups in total. The molecule has 6 heteroatoms. The van der Waals surface area contributed by atoms with E-state index in [2.05, 4.69) is 5.32 Å². The van der Waals surface area contributed by atoms with Gasteiger partial charge in [-0.15, -0.1) is 0 Å². The van der Waals surface area contributed by atoms with Crippen LogP contribution in [0.25, 0.3) is 0 Å². The van der Waals surface area contributed by atoms with Gasteiger partial charge in [-0.05, 0) is 25.3 Å². The maximum Gasteiger partial charge on any atom is 0.308 e. The summed E-state index contributed by atoms with van der Waals surface area (Å²) in [5, 5.41) is 2.77. The van der Waals surface area contributed by atoms with Crippen LogP contribution in [-0.2, 0) is 19.1 Å². The Hall–Kier alpha value is -2.37. The molecule has 0 bridgehead atoms. The first-order chi connectivity index (χ1) is 12.5. The van der Waals surface area contributed by atoms with Gasteiger partial charge in [-0.25, -0.2) is 0 Å². The third-order valence-electron chi connectivity index (χ3n) is 4.54. The summed E-state index contributed by atoms with van der Waals surface area (Å²) in [5.41, 5.74) is 1.93. The van der Waals surface area contributed by atoms with Crippen molar-refractivity contribution in [3.05, 3.63) is 35.4 Å². The predicted molar refractivity (Wildman–Crippen MR) is 98.4 cm³/mol. The number of carbonyl (C=O) groups is 3. The number of likely N-dealkylation sites (tertiary alicyclic amines) is 1. The van der Waals surface area contributed by atoms with E-state index < -0.39 is 12.0 Å². The number of esters is 1. The molecule has 1 aromatic rings. The van der Waals surface area contributed by atoms with Crippen LogP contribution < -0.4 is 5.32 Å². The zero-order chi connectivity index (χ0) is 18.9. The minimum absolute atomic E-state index is 0.00405. The van der Waals surface area contributed by atoms with E-state index in [-0.39, 0.29) is 24.8 Å². The molecule has 1 unspecified atom stereocenters. The molecule has 1 aromatic carbocycles. The van der Waals surface area contributed by atoms with Crippen LogP contribution in [0.5, 0.6) is 0 Å². The van der Waals surface area contributed by atoms with Crippen molar-refractivity contribution in [2.24, 2.45) is 0 Å². The Morgan fingerprint density at radius 3 is 2.27 bits per heavy atom. The molecule has 6 nitrogen and oxygen atoms in total. The van der Waals surface area contributed by atoms with Crippen molar-refractivity contribution in [3.63, 3.8) is 0 Å². The lowest BCUT2D eigenvalue weighted by atomic mass is 10.0. The summed E-state index contributed by atoms with van der Waals surface area (Å²) < 4.78 is 5.17. The maximum atomic E-state index is 12.2. The summed E-state index contributed by atoms with van der Waals surface area (Å²) in [4.78, 5) is 37.6. The van der Waals surface area contributed by atoms with Gasteiger partial charge < -0.3 is 15.0 Å². The van der Waals surface area contributed by atoms with Gasteiger partial charge >= 0.3 is 5.97 Å². The standard InChI is InChI=1S/C20H28N2O4/c1-15-7-9-17(10-8-15)18(21-16(2)23)13-20(25)26-14-19(24)22-11-5-3-4-6-12-22/h7-10,18H,3-6,11-14H2,1-2H3,(H,21,23).